The van der Waals surface area contributed by atoms with Gasteiger partial charge in [-0.2, -0.15) is 0 Å². The largest absolute Gasteiger partial charge is 0.496 e. The number of fused-ring (bicyclic) bond motifs is 1. The zero-order chi connectivity index (χ0) is 25.3. The van der Waals surface area contributed by atoms with E-state index in [4.69, 9.17) is 14.7 Å². The summed E-state index contributed by atoms with van der Waals surface area (Å²) >= 11 is 0. The van der Waals surface area contributed by atoms with Crippen LogP contribution in [0.25, 0.3) is 17.0 Å². The number of aryl methyl sites for hydroxylation is 1. The van der Waals surface area contributed by atoms with Crippen LogP contribution in [0.3, 0.4) is 0 Å². The van der Waals surface area contributed by atoms with Gasteiger partial charge in [0.05, 0.1) is 18.3 Å². The Labute approximate surface area is 228 Å². The van der Waals surface area contributed by atoms with E-state index in [2.05, 4.69) is 66.2 Å². The monoisotopic (exact) mass is 505 g/mol. The maximum Gasteiger partial charge on any atom is 0.128 e. The molecule has 0 saturated heterocycles. The van der Waals surface area contributed by atoms with Gasteiger partial charge in [0.2, 0.25) is 0 Å². The molecular weight excluding hydrogens is 466 g/mol. The first kappa shape index (κ1) is 30.0. The van der Waals surface area contributed by atoms with Crippen molar-refractivity contribution in [2.45, 2.75) is 48.0 Å². The standard InChI is InChI=1S/C32H31N3O.2CH4/c1-5-8-23-12-14-25(15-13-23)32(33-3)31-27(9-6-2)22-35-29-21-30(36-4)26(20-28(29)31)11-7-10-24-16-18-34-19-17-24;;/h7,11-22H,6,9-10H2,1-4H3;2*1H4/b11-7-,33-32?;;. The number of hydrogen-bond acceptors (Lipinski definition) is 4. The summed E-state index contributed by atoms with van der Waals surface area (Å²) in [5.74, 6) is 6.88. The number of rotatable bonds is 8. The van der Waals surface area contributed by atoms with Gasteiger partial charge in [0.25, 0.3) is 0 Å². The molecule has 2 heterocycles. The molecule has 0 radical (unpaired) electrons. The zero-order valence-corrected chi connectivity index (χ0v) is 21.4. The molecule has 0 amide bonds. The molecule has 0 aliphatic carbocycles. The molecule has 2 aromatic heterocycles. The van der Waals surface area contributed by atoms with Crippen molar-refractivity contribution >= 4 is 22.7 Å². The lowest BCUT2D eigenvalue weighted by molar-refractivity contribution is 0.414. The summed E-state index contributed by atoms with van der Waals surface area (Å²) in [6.45, 7) is 4.04. The van der Waals surface area contributed by atoms with Crippen LogP contribution in [-0.2, 0) is 12.8 Å². The molecule has 4 nitrogen and oxygen atoms in total. The van der Waals surface area contributed by atoms with Crippen LogP contribution in [0.15, 0.2) is 78.2 Å². The van der Waals surface area contributed by atoms with E-state index in [1.54, 1.807) is 7.11 Å². The van der Waals surface area contributed by atoms with E-state index in [-0.39, 0.29) is 14.9 Å². The van der Waals surface area contributed by atoms with E-state index in [0.717, 1.165) is 63.9 Å². The summed E-state index contributed by atoms with van der Waals surface area (Å²) in [6, 6.07) is 16.6. The molecule has 0 atom stereocenters. The number of nitrogens with zero attached hydrogens (tertiary/aromatic N) is 3. The quantitative estimate of drug-likeness (QED) is 0.180. The van der Waals surface area contributed by atoms with E-state index in [9.17, 15) is 0 Å². The molecule has 0 aliphatic rings. The van der Waals surface area contributed by atoms with E-state index < -0.39 is 0 Å². The molecule has 0 bridgehead atoms. The number of aromatic nitrogens is 2. The Bertz CT molecular complexity index is 1460. The summed E-state index contributed by atoms with van der Waals surface area (Å²) in [6.07, 6.45) is 12.7. The van der Waals surface area contributed by atoms with Crippen molar-refractivity contribution in [2.24, 2.45) is 4.99 Å². The number of ether oxygens (including phenoxy) is 1. The molecule has 0 spiro atoms. The Morgan fingerprint density at radius 1 is 1.05 bits per heavy atom. The van der Waals surface area contributed by atoms with Gasteiger partial charge in [0.15, 0.2) is 0 Å². The van der Waals surface area contributed by atoms with Crippen molar-refractivity contribution in [1.82, 2.24) is 9.97 Å². The van der Waals surface area contributed by atoms with Gasteiger partial charge in [0.1, 0.15) is 5.75 Å². The molecule has 4 heteroatoms. The summed E-state index contributed by atoms with van der Waals surface area (Å²) in [5, 5.41) is 1.07. The molecule has 196 valence electrons. The Balaban J connectivity index is 0.00000253. The topological polar surface area (TPSA) is 47.4 Å². The molecule has 38 heavy (non-hydrogen) atoms. The summed E-state index contributed by atoms with van der Waals surface area (Å²) < 4.78 is 5.74. The van der Waals surface area contributed by atoms with Crippen LogP contribution in [0, 0.1) is 11.8 Å². The normalized spacial score (nSPS) is 10.9. The molecule has 0 fully saturated rings. The molecule has 4 rings (SSSR count). The van der Waals surface area contributed by atoms with Gasteiger partial charge in [-0.3, -0.25) is 15.0 Å². The SMILES string of the molecule is C.C.CC#Cc1ccc(C(=NC)c2c(CCC)cnc3cc(OC)c(/C=C\Cc4ccncc4)cc23)cc1. The fourth-order valence-corrected chi connectivity index (χ4v) is 4.41. The molecule has 0 saturated carbocycles. The van der Waals surface area contributed by atoms with Crippen molar-refractivity contribution in [3.63, 3.8) is 0 Å². The lowest BCUT2D eigenvalue weighted by Crippen LogP contribution is -2.09. The second-order valence-electron chi connectivity index (χ2n) is 8.51. The van der Waals surface area contributed by atoms with Crippen molar-refractivity contribution in [2.75, 3.05) is 14.2 Å². The number of hydrogen-bond donors (Lipinski definition) is 0. The average molecular weight is 506 g/mol. The number of benzene rings is 2. The maximum atomic E-state index is 5.74. The number of pyridine rings is 2. The van der Waals surface area contributed by atoms with Gasteiger partial charge >= 0.3 is 0 Å². The van der Waals surface area contributed by atoms with Crippen molar-refractivity contribution < 1.29 is 4.74 Å². The minimum Gasteiger partial charge on any atom is -0.496 e. The average Bonchev–Trinajstić information content (AvgIpc) is 2.91. The van der Waals surface area contributed by atoms with E-state index >= 15 is 0 Å². The highest BCUT2D eigenvalue weighted by Crippen LogP contribution is 2.32. The summed E-state index contributed by atoms with van der Waals surface area (Å²) in [4.78, 5) is 13.7. The number of methoxy groups -OCH3 is 1. The zero-order valence-electron chi connectivity index (χ0n) is 21.4. The third-order valence-electron chi connectivity index (χ3n) is 6.11. The minimum absolute atomic E-state index is 0. The maximum absolute atomic E-state index is 5.74. The Morgan fingerprint density at radius 3 is 2.42 bits per heavy atom. The van der Waals surface area contributed by atoms with Gasteiger partial charge < -0.3 is 4.74 Å². The van der Waals surface area contributed by atoms with Crippen molar-refractivity contribution in [1.29, 1.82) is 0 Å². The molecule has 0 aliphatic heterocycles. The molecule has 0 unspecified atom stereocenters. The highest BCUT2D eigenvalue weighted by molar-refractivity contribution is 6.20. The third-order valence-corrected chi connectivity index (χ3v) is 6.11. The van der Waals surface area contributed by atoms with Crippen LogP contribution in [0.4, 0.5) is 0 Å². The second-order valence-corrected chi connectivity index (χ2v) is 8.51. The van der Waals surface area contributed by atoms with Gasteiger partial charge in [-0.15, -0.1) is 5.92 Å². The van der Waals surface area contributed by atoms with Gasteiger partial charge in [0, 0.05) is 59.3 Å². The smallest absolute Gasteiger partial charge is 0.128 e. The van der Waals surface area contributed by atoms with E-state index in [1.165, 1.54) is 11.1 Å². The van der Waals surface area contributed by atoms with Crippen molar-refractivity contribution in [3.8, 4) is 17.6 Å². The van der Waals surface area contributed by atoms with Crippen LogP contribution >= 0.6 is 0 Å². The fraction of sp³-hybridized carbons (Fsp3) is 0.265. The lowest BCUT2D eigenvalue weighted by Gasteiger charge is -2.17. The van der Waals surface area contributed by atoms with Crippen LogP contribution in [0.2, 0.25) is 0 Å². The fourth-order valence-electron chi connectivity index (χ4n) is 4.41. The highest BCUT2D eigenvalue weighted by Gasteiger charge is 2.18. The van der Waals surface area contributed by atoms with Gasteiger partial charge in [-0.05, 0) is 61.2 Å². The lowest BCUT2D eigenvalue weighted by atomic mass is 9.91. The minimum atomic E-state index is 0. The third kappa shape index (κ3) is 6.75. The number of aliphatic imine (C=N–C) groups is 1. The molecule has 0 N–H and O–H groups in total. The Hall–Kier alpha value is -4.23. The molecule has 4 aromatic rings. The van der Waals surface area contributed by atoms with Crippen LogP contribution in [0.5, 0.6) is 5.75 Å². The predicted octanol–water partition coefficient (Wildman–Crippen LogP) is 7.96. The van der Waals surface area contributed by atoms with Gasteiger partial charge in [-0.1, -0.05) is 58.4 Å². The Morgan fingerprint density at radius 2 is 1.79 bits per heavy atom. The van der Waals surface area contributed by atoms with Crippen LogP contribution in [0.1, 0.15) is 68.5 Å². The highest BCUT2D eigenvalue weighted by atomic mass is 16.5. The Kier molecular flexibility index (Phi) is 11.4. The van der Waals surface area contributed by atoms with E-state index in [0.29, 0.717) is 0 Å². The first-order valence-electron chi connectivity index (χ1n) is 12.2. The van der Waals surface area contributed by atoms with Crippen LogP contribution in [-0.4, -0.2) is 29.8 Å². The molecular formula is C34H39N3O. The summed E-state index contributed by atoms with van der Waals surface area (Å²) in [7, 11) is 3.56. The number of allylic oxidation sites excluding steroid dienone is 1. The first-order chi connectivity index (χ1) is 17.7. The van der Waals surface area contributed by atoms with Gasteiger partial charge in [-0.25, -0.2) is 0 Å². The summed E-state index contributed by atoms with van der Waals surface area (Å²) in [5.41, 5.74) is 8.46. The van der Waals surface area contributed by atoms with Crippen molar-refractivity contribution in [3.05, 3.63) is 107 Å². The van der Waals surface area contributed by atoms with E-state index in [1.807, 2.05) is 50.8 Å². The van der Waals surface area contributed by atoms with Crippen LogP contribution < -0.4 is 4.74 Å². The molecule has 2 aromatic carbocycles. The second kappa shape index (κ2) is 14.5. The first-order valence-corrected chi connectivity index (χ1v) is 12.2. The predicted molar refractivity (Wildman–Crippen MR) is 163 cm³/mol.